The molecule has 4 aromatic carbocycles. The molecule has 5 aromatic rings. The number of thiol groups is 1. The number of carbonyl (C=O) groups excluding carboxylic acids is 2. The van der Waals surface area contributed by atoms with E-state index < -0.39 is 10.0 Å². The molecule has 0 aliphatic carbocycles. The van der Waals surface area contributed by atoms with Gasteiger partial charge in [-0.25, -0.2) is 13.4 Å². The monoisotopic (exact) mass is 794 g/mol. The van der Waals surface area contributed by atoms with E-state index in [2.05, 4.69) is 33.9 Å². The first-order valence-electron chi connectivity index (χ1n) is 17.3. The standard InChI is InChI=1S/C30H27N7O3S2.C10H12ClNO/c31-17-23-1-3-25(4-2-23)20-36-22-33-19-28(36)21-37(42(39,40)29-11-5-24(18-32)6-12-29)27-9-7-26(8-10-27)34-13-15-35(16-14-34)30(38)41;11-7-6-10(13)12-8-9-4-2-1-3-5-9/h1-12,19,22H,13-16,20-21H2,(H,38,41);1-5H,6-8H2,(H,12,13). The zero-order chi connectivity index (χ0) is 39.2. The zero-order valence-corrected chi connectivity index (χ0v) is 32.3. The van der Waals surface area contributed by atoms with Crippen LogP contribution < -0.4 is 14.5 Å². The van der Waals surface area contributed by atoms with Gasteiger partial charge in [-0.15, -0.1) is 11.6 Å². The van der Waals surface area contributed by atoms with Crippen LogP contribution in [0.2, 0.25) is 0 Å². The molecule has 2 amide bonds. The Bertz CT molecular complexity index is 2230. The number of nitrogens with one attached hydrogen (secondary N) is 1. The van der Waals surface area contributed by atoms with Crippen molar-refractivity contribution < 1.29 is 18.0 Å². The molecule has 12 nitrogen and oxygen atoms in total. The summed E-state index contributed by atoms with van der Waals surface area (Å²) in [6.45, 7) is 3.46. The second-order valence-corrected chi connectivity index (χ2v) is 15.1. The molecule has 0 unspecified atom stereocenters. The largest absolute Gasteiger partial charge is 0.368 e. The lowest BCUT2D eigenvalue weighted by molar-refractivity contribution is -0.120. The first-order chi connectivity index (χ1) is 26.6. The van der Waals surface area contributed by atoms with Crippen LogP contribution in [0.5, 0.6) is 0 Å². The number of hydrogen-bond acceptors (Lipinski definition) is 8. The summed E-state index contributed by atoms with van der Waals surface area (Å²) in [6.07, 6.45) is 3.67. The number of halogens is 1. The van der Waals surface area contributed by atoms with Crippen molar-refractivity contribution in [3.05, 3.63) is 144 Å². The fourth-order valence-corrected chi connectivity index (χ4v) is 7.56. The van der Waals surface area contributed by atoms with Crippen LogP contribution in [0, 0.1) is 22.7 Å². The second kappa shape index (κ2) is 19.5. The van der Waals surface area contributed by atoms with Gasteiger partial charge in [0.1, 0.15) is 0 Å². The number of rotatable bonds is 12. The predicted octanol–water partition coefficient (Wildman–Crippen LogP) is 6.17. The summed E-state index contributed by atoms with van der Waals surface area (Å²) >= 11 is 9.33. The summed E-state index contributed by atoms with van der Waals surface area (Å²) in [5, 5.41) is 20.8. The van der Waals surface area contributed by atoms with E-state index in [0.29, 0.717) is 74.1 Å². The van der Waals surface area contributed by atoms with Crippen LogP contribution >= 0.6 is 24.2 Å². The summed E-state index contributed by atoms with van der Waals surface area (Å²) in [4.78, 5) is 30.8. The minimum absolute atomic E-state index is 0.00106. The third-order valence-corrected chi connectivity index (χ3v) is 11.1. The lowest BCUT2D eigenvalue weighted by Gasteiger charge is -2.35. The Morgan fingerprint density at radius 1 is 0.836 bits per heavy atom. The smallest absolute Gasteiger partial charge is 0.278 e. The molecule has 1 aromatic heterocycles. The maximum atomic E-state index is 14.0. The Labute approximate surface area is 331 Å². The van der Waals surface area contributed by atoms with Crippen LogP contribution in [0.4, 0.5) is 16.2 Å². The molecule has 1 N–H and O–H groups in total. The number of aromatic nitrogens is 2. The number of sulfonamides is 1. The van der Waals surface area contributed by atoms with E-state index in [9.17, 15) is 23.3 Å². The average molecular weight is 795 g/mol. The minimum atomic E-state index is -4.03. The van der Waals surface area contributed by atoms with Crippen molar-refractivity contribution in [2.45, 2.75) is 31.0 Å². The molecule has 0 spiro atoms. The molecule has 1 fully saturated rings. The fourth-order valence-electron chi connectivity index (χ4n) is 5.75. The van der Waals surface area contributed by atoms with Crippen molar-refractivity contribution in [2.75, 3.05) is 41.3 Å². The number of amides is 2. The summed E-state index contributed by atoms with van der Waals surface area (Å²) in [5.41, 5.74) is 5.04. The number of hydrogen-bond donors (Lipinski definition) is 2. The SMILES string of the molecule is N#Cc1ccc(Cn2cncc2CN(c2ccc(N3CCN(C(=O)S)CC3)cc2)S(=O)(=O)c2ccc(C#N)cc2)cc1.O=C(CCCl)NCc1ccccc1. The molecule has 282 valence electrons. The highest BCUT2D eigenvalue weighted by Crippen LogP contribution is 2.29. The van der Waals surface area contributed by atoms with E-state index in [0.717, 1.165) is 16.8 Å². The molecule has 2 heterocycles. The first kappa shape index (κ1) is 40.4. The summed E-state index contributed by atoms with van der Waals surface area (Å²) in [6, 6.07) is 34.3. The molecule has 55 heavy (non-hydrogen) atoms. The van der Waals surface area contributed by atoms with Crippen molar-refractivity contribution in [3.63, 3.8) is 0 Å². The highest BCUT2D eigenvalue weighted by atomic mass is 35.5. The van der Waals surface area contributed by atoms with Crippen LogP contribution in [0.3, 0.4) is 0 Å². The van der Waals surface area contributed by atoms with Crippen molar-refractivity contribution in [1.82, 2.24) is 19.8 Å². The zero-order valence-electron chi connectivity index (χ0n) is 29.8. The minimum Gasteiger partial charge on any atom is -0.368 e. The van der Waals surface area contributed by atoms with Gasteiger partial charge in [-0.3, -0.25) is 13.9 Å². The molecule has 0 radical (unpaired) electrons. The predicted molar refractivity (Wildman–Crippen MR) is 215 cm³/mol. The van der Waals surface area contributed by atoms with E-state index in [1.807, 2.05) is 65.2 Å². The highest BCUT2D eigenvalue weighted by Gasteiger charge is 2.27. The Hall–Kier alpha value is -5.80. The van der Waals surface area contributed by atoms with Gasteiger partial charge < -0.3 is 19.7 Å². The van der Waals surface area contributed by atoms with Gasteiger partial charge in [0, 0.05) is 63.5 Å². The lowest BCUT2D eigenvalue weighted by atomic mass is 10.1. The highest BCUT2D eigenvalue weighted by molar-refractivity contribution is 7.96. The third kappa shape index (κ3) is 11.1. The van der Waals surface area contributed by atoms with Crippen molar-refractivity contribution >= 4 is 56.8 Å². The number of alkyl halides is 1. The molecular weight excluding hydrogens is 756 g/mol. The third-order valence-electron chi connectivity index (χ3n) is 8.82. The Balaban J connectivity index is 0.000000378. The number of carbonyl (C=O) groups is 2. The number of nitrogens with zero attached hydrogens (tertiary/aromatic N) is 7. The Morgan fingerprint density at radius 3 is 2.04 bits per heavy atom. The van der Waals surface area contributed by atoms with E-state index in [1.54, 1.807) is 41.7 Å². The molecule has 15 heteroatoms. The molecule has 0 saturated carbocycles. The van der Waals surface area contributed by atoms with Gasteiger partial charge in [-0.1, -0.05) is 55.1 Å². The van der Waals surface area contributed by atoms with Gasteiger partial charge in [0.2, 0.25) is 5.91 Å². The van der Waals surface area contributed by atoms with E-state index >= 15 is 0 Å². The molecule has 1 aliphatic heterocycles. The van der Waals surface area contributed by atoms with Crippen LogP contribution in [0.15, 0.2) is 121 Å². The molecule has 6 rings (SSSR count). The van der Waals surface area contributed by atoms with Crippen LogP contribution in [0.1, 0.15) is 34.4 Å². The van der Waals surface area contributed by atoms with Crippen molar-refractivity contribution in [2.24, 2.45) is 0 Å². The molecule has 1 aliphatic rings. The normalized spacial score (nSPS) is 12.4. The number of piperazine rings is 1. The maximum Gasteiger partial charge on any atom is 0.278 e. The number of benzene rings is 4. The topological polar surface area (TPSA) is 155 Å². The molecular formula is C40H39ClN8O4S2. The molecule has 0 atom stereocenters. The van der Waals surface area contributed by atoms with Gasteiger partial charge >= 0.3 is 0 Å². The summed E-state index contributed by atoms with van der Waals surface area (Å²) in [7, 11) is -4.03. The molecule has 1 saturated heterocycles. The van der Waals surface area contributed by atoms with E-state index in [1.165, 1.54) is 28.6 Å². The molecule has 0 bridgehead atoms. The van der Waals surface area contributed by atoms with Crippen LogP contribution in [-0.2, 0) is 34.5 Å². The number of nitriles is 2. The van der Waals surface area contributed by atoms with Gasteiger partial charge in [0.15, 0.2) is 0 Å². The fraction of sp³-hybridized carbons (Fsp3) is 0.225. The Morgan fingerprint density at radius 2 is 1.45 bits per heavy atom. The maximum absolute atomic E-state index is 14.0. The van der Waals surface area contributed by atoms with Crippen LogP contribution in [0.25, 0.3) is 0 Å². The quantitative estimate of drug-likeness (QED) is 0.112. The summed E-state index contributed by atoms with van der Waals surface area (Å²) in [5.74, 6) is 0.375. The van der Waals surface area contributed by atoms with E-state index in [-0.39, 0.29) is 22.6 Å². The van der Waals surface area contributed by atoms with Gasteiger partial charge in [-0.2, -0.15) is 10.5 Å². The Kier molecular flexibility index (Phi) is 14.3. The van der Waals surface area contributed by atoms with Gasteiger partial charge in [-0.05, 0) is 71.8 Å². The average Bonchev–Trinajstić information content (AvgIpc) is 3.66. The van der Waals surface area contributed by atoms with Crippen LogP contribution in [-0.4, -0.2) is 66.1 Å². The number of imidazole rings is 1. The van der Waals surface area contributed by atoms with E-state index in [4.69, 9.17) is 16.9 Å². The lowest BCUT2D eigenvalue weighted by Crippen LogP contribution is -2.47. The van der Waals surface area contributed by atoms with Crippen molar-refractivity contribution in [1.29, 1.82) is 10.5 Å². The van der Waals surface area contributed by atoms with Gasteiger partial charge in [0.25, 0.3) is 15.3 Å². The first-order valence-corrected chi connectivity index (χ1v) is 19.7. The van der Waals surface area contributed by atoms with Crippen molar-refractivity contribution in [3.8, 4) is 12.1 Å². The van der Waals surface area contributed by atoms with Gasteiger partial charge in [0.05, 0.1) is 52.4 Å². The second-order valence-electron chi connectivity index (χ2n) is 12.4. The number of anilines is 2. The summed E-state index contributed by atoms with van der Waals surface area (Å²) < 4.78 is 31.2.